The Bertz CT molecular complexity index is 638. The molecule has 0 fully saturated rings. The van der Waals surface area contributed by atoms with Crippen molar-refractivity contribution in [3.8, 4) is 0 Å². The molecule has 0 atom stereocenters. The predicted molar refractivity (Wildman–Crippen MR) is 79.2 cm³/mol. The van der Waals surface area contributed by atoms with Gasteiger partial charge in [0.15, 0.2) is 12.0 Å². The standard InChI is InChI=1S/C15H15F3N2OS/c1-2-20-14(12(10-21)13(19-20)15(16,17)18)22-9-8-11-6-4-3-5-7-11/h3-7,10H,2,8-9H2,1H3. The van der Waals surface area contributed by atoms with E-state index in [-0.39, 0.29) is 23.4 Å². The maximum Gasteiger partial charge on any atom is 0.435 e. The van der Waals surface area contributed by atoms with Crippen LogP contribution >= 0.6 is 11.8 Å². The van der Waals surface area contributed by atoms with Crippen molar-refractivity contribution in [1.29, 1.82) is 0 Å². The van der Waals surface area contributed by atoms with Gasteiger partial charge in [0.25, 0.3) is 0 Å². The molecule has 0 radical (unpaired) electrons. The van der Waals surface area contributed by atoms with Crippen LogP contribution in [0.4, 0.5) is 13.2 Å². The molecule has 0 saturated heterocycles. The second-order valence-corrected chi connectivity index (χ2v) is 5.67. The molecule has 3 nitrogen and oxygen atoms in total. The van der Waals surface area contributed by atoms with Gasteiger partial charge in [-0.05, 0) is 18.9 Å². The van der Waals surface area contributed by atoms with Gasteiger partial charge in [-0.2, -0.15) is 18.3 Å². The number of rotatable bonds is 6. The second kappa shape index (κ2) is 7.00. The summed E-state index contributed by atoms with van der Waals surface area (Å²) in [6.45, 7) is 1.98. The molecule has 0 amide bonds. The maximum absolute atomic E-state index is 12.9. The van der Waals surface area contributed by atoms with E-state index in [0.29, 0.717) is 12.2 Å². The summed E-state index contributed by atoms with van der Waals surface area (Å²) in [5.74, 6) is 0.577. The molecule has 0 unspecified atom stereocenters. The van der Waals surface area contributed by atoms with Crippen LogP contribution in [-0.2, 0) is 19.1 Å². The van der Waals surface area contributed by atoms with Gasteiger partial charge in [0.1, 0.15) is 5.03 Å². The second-order valence-electron chi connectivity index (χ2n) is 4.58. The van der Waals surface area contributed by atoms with Crippen molar-refractivity contribution in [2.24, 2.45) is 0 Å². The van der Waals surface area contributed by atoms with Crippen LogP contribution in [-0.4, -0.2) is 21.8 Å². The van der Waals surface area contributed by atoms with Crippen LogP contribution in [0.1, 0.15) is 28.5 Å². The molecule has 0 spiro atoms. The van der Waals surface area contributed by atoms with Crippen molar-refractivity contribution in [3.05, 3.63) is 47.2 Å². The number of carbonyl (C=O) groups is 1. The summed E-state index contributed by atoms with van der Waals surface area (Å²) in [5.41, 5.74) is -0.375. The molecular formula is C15H15F3N2OS. The topological polar surface area (TPSA) is 34.9 Å². The lowest BCUT2D eigenvalue weighted by atomic mass is 10.2. The Labute approximate surface area is 130 Å². The lowest BCUT2D eigenvalue weighted by molar-refractivity contribution is -0.141. The first-order valence-corrected chi connectivity index (χ1v) is 7.75. The number of aldehydes is 1. The van der Waals surface area contributed by atoms with Crippen LogP contribution in [0.25, 0.3) is 0 Å². The van der Waals surface area contributed by atoms with E-state index in [1.807, 2.05) is 30.3 Å². The minimum Gasteiger partial charge on any atom is -0.298 e. The number of nitrogens with zero attached hydrogens (tertiary/aromatic N) is 2. The van der Waals surface area contributed by atoms with E-state index < -0.39 is 11.9 Å². The maximum atomic E-state index is 12.9. The monoisotopic (exact) mass is 328 g/mol. The van der Waals surface area contributed by atoms with Gasteiger partial charge in [-0.25, -0.2) is 0 Å². The SMILES string of the molecule is CCn1nc(C(F)(F)F)c(C=O)c1SCCc1ccccc1. The van der Waals surface area contributed by atoms with E-state index in [0.717, 1.165) is 5.56 Å². The number of benzene rings is 1. The van der Waals surface area contributed by atoms with Crippen molar-refractivity contribution in [1.82, 2.24) is 9.78 Å². The van der Waals surface area contributed by atoms with Gasteiger partial charge >= 0.3 is 6.18 Å². The van der Waals surface area contributed by atoms with Crippen LogP contribution in [0.15, 0.2) is 35.4 Å². The highest BCUT2D eigenvalue weighted by molar-refractivity contribution is 7.99. The summed E-state index contributed by atoms with van der Waals surface area (Å²) < 4.78 is 40.0. The van der Waals surface area contributed by atoms with E-state index in [1.165, 1.54) is 16.4 Å². The third-order valence-electron chi connectivity index (χ3n) is 3.10. The number of halogens is 3. The molecule has 118 valence electrons. The molecule has 0 saturated carbocycles. The van der Waals surface area contributed by atoms with Crippen LogP contribution < -0.4 is 0 Å². The molecule has 2 rings (SSSR count). The molecule has 22 heavy (non-hydrogen) atoms. The molecule has 0 aliphatic rings. The summed E-state index contributed by atoms with van der Waals surface area (Å²) in [5, 5.41) is 3.81. The highest BCUT2D eigenvalue weighted by atomic mass is 32.2. The molecule has 0 aliphatic heterocycles. The number of thioether (sulfide) groups is 1. The largest absolute Gasteiger partial charge is 0.435 e. The zero-order valence-corrected chi connectivity index (χ0v) is 12.7. The normalized spacial score (nSPS) is 11.6. The zero-order valence-electron chi connectivity index (χ0n) is 11.9. The third kappa shape index (κ3) is 3.71. The van der Waals surface area contributed by atoms with Crippen molar-refractivity contribution >= 4 is 18.0 Å². The lowest BCUT2D eigenvalue weighted by Gasteiger charge is -2.05. The van der Waals surface area contributed by atoms with E-state index in [9.17, 15) is 18.0 Å². The van der Waals surface area contributed by atoms with Gasteiger partial charge in [0.2, 0.25) is 0 Å². The molecule has 1 aromatic carbocycles. The molecule has 1 aromatic heterocycles. The summed E-state index contributed by atoms with van der Waals surface area (Å²) in [6.07, 6.45) is -3.67. The lowest BCUT2D eigenvalue weighted by Crippen LogP contribution is -2.09. The van der Waals surface area contributed by atoms with Crippen LogP contribution in [0, 0.1) is 0 Å². The minimum atomic E-state index is -4.62. The van der Waals surface area contributed by atoms with Crippen LogP contribution in [0.2, 0.25) is 0 Å². The Morgan fingerprint density at radius 2 is 1.95 bits per heavy atom. The predicted octanol–water partition coefficient (Wildman–Crippen LogP) is 4.07. The average Bonchev–Trinajstić information content (AvgIpc) is 2.86. The van der Waals surface area contributed by atoms with E-state index >= 15 is 0 Å². The van der Waals surface area contributed by atoms with E-state index in [2.05, 4.69) is 5.10 Å². The number of aryl methyl sites for hydroxylation is 2. The van der Waals surface area contributed by atoms with E-state index in [4.69, 9.17) is 0 Å². The smallest absolute Gasteiger partial charge is 0.298 e. The first-order chi connectivity index (χ1) is 10.5. The van der Waals surface area contributed by atoms with Gasteiger partial charge < -0.3 is 0 Å². The minimum absolute atomic E-state index is 0.243. The average molecular weight is 328 g/mol. The quantitative estimate of drug-likeness (QED) is 0.592. The van der Waals surface area contributed by atoms with Crippen molar-refractivity contribution in [3.63, 3.8) is 0 Å². The van der Waals surface area contributed by atoms with Crippen LogP contribution in [0.5, 0.6) is 0 Å². The zero-order chi connectivity index (χ0) is 16.2. The van der Waals surface area contributed by atoms with Gasteiger partial charge in [-0.15, -0.1) is 11.8 Å². The summed E-state index contributed by atoms with van der Waals surface area (Å²) in [7, 11) is 0. The number of hydrogen-bond donors (Lipinski definition) is 0. The fourth-order valence-electron chi connectivity index (χ4n) is 2.05. The molecule has 0 aliphatic carbocycles. The Morgan fingerprint density at radius 3 is 2.50 bits per heavy atom. The third-order valence-corrected chi connectivity index (χ3v) is 4.21. The fourth-order valence-corrected chi connectivity index (χ4v) is 3.20. The Morgan fingerprint density at radius 1 is 1.27 bits per heavy atom. The van der Waals surface area contributed by atoms with Gasteiger partial charge in [0.05, 0.1) is 5.56 Å². The molecular weight excluding hydrogens is 313 g/mol. The Balaban J connectivity index is 2.19. The number of alkyl halides is 3. The Hall–Kier alpha value is -1.76. The molecule has 1 heterocycles. The molecule has 2 aromatic rings. The molecule has 0 N–H and O–H groups in total. The number of aromatic nitrogens is 2. The van der Waals surface area contributed by atoms with Crippen molar-refractivity contribution < 1.29 is 18.0 Å². The highest BCUT2D eigenvalue weighted by Gasteiger charge is 2.39. The highest BCUT2D eigenvalue weighted by Crippen LogP contribution is 2.35. The first kappa shape index (κ1) is 16.6. The molecule has 0 bridgehead atoms. The van der Waals surface area contributed by atoms with Gasteiger partial charge in [-0.1, -0.05) is 30.3 Å². The van der Waals surface area contributed by atoms with Gasteiger partial charge in [-0.3, -0.25) is 9.48 Å². The summed E-state index contributed by atoms with van der Waals surface area (Å²) in [4.78, 5) is 11.1. The fraction of sp³-hybridized carbons (Fsp3) is 0.333. The van der Waals surface area contributed by atoms with Crippen molar-refractivity contribution in [2.45, 2.75) is 31.1 Å². The van der Waals surface area contributed by atoms with Gasteiger partial charge in [0, 0.05) is 12.3 Å². The number of hydrogen-bond acceptors (Lipinski definition) is 3. The van der Waals surface area contributed by atoms with E-state index in [1.54, 1.807) is 6.92 Å². The molecule has 7 heteroatoms. The number of carbonyl (C=O) groups excluding carboxylic acids is 1. The van der Waals surface area contributed by atoms with Crippen molar-refractivity contribution in [2.75, 3.05) is 5.75 Å². The Kier molecular flexibility index (Phi) is 5.28. The first-order valence-electron chi connectivity index (χ1n) is 6.77. The summed E-state index contributed by atoms with van der Waals surface area (Å²) >= 11 is 1.22. The summed E-state index contributed by atoms with van der Waals surface area (Å²) in [6, 6.07) is 9.64. The van der Waals surface area contributed by atoms with Crippen LogP contribution in [0.3, 0.4) is 0 Å².